The van der Waals surface area contributed by atoms with E-state index in [1.165, 1.54) is 5.56 Å². The van der Waals surface area contributed by atoms with Crippen LogP contribution in [0.15, 0.2) is 93.8 Å². The standard InChI is InChI=1S/C29H28N4OS/c1-4-33(5-2)24-16-15-22-17-25(29-30-26(19-35-29)21-13-11-20(3)12-14-21)28(34-27(22)18-24)32-31-23-9-7-6-8-10-23/h6-19,31H,4-5H2,1-3H3. The zero-order valence-corrected chi connectivity index (χ0v) is 21.0. The number of hydrogen-bond donors (Lipinski definition) is 1. The molecule has 0 radical (unpaired) electrons. The van der Waals surface area contributed by atoms with Crippen LogP contribution in [-0.2, 0) is 0 Å². The highest BCUT2D eigenvalue weighted by atomic mass is 32.1. The summed E-state index contributed by atoms with van der Waals surface area (Å²) in [4.78, 5) is 7.24. The number of hydrogen-bond acceptors (Lipinski definition) is 6. The van der Waals surface area contributed by atoms with E-state index in [-0.39, 0.29) is 0 Å². The van der Waals surface area contributed by atoms with Crippen LogP contribution in [0.1, 0.15) is 19.4 Å². The first-order chi connectivity index (χ1) is 17.1. The van der Waals surface area contributed by atoms with Gasteiger partial charge in [-0.3, -0.25) is 5.43 Å². The van der Waals surface area contributed by atoms with Gasteiger partial charge in [0.1, 0.15) is 10.6 Å². The number of fused-ring (bicyclic) bond motifs is 1. The molecule has 176 valence electrons. The molecule has 0 saturated heterocycles. The van der Waals surface area contributed by atoms with E-state index in [4.69, 9.17) is 9.40 Å². The number of nitrogens with one attached hydrogen (secondary N) is 1. The van der Waals surface area contributed by atoms with Crippen LogP contribution < -0.4 is 15.9 Å². The smallest absolute Gasteiger partial charge is 0.246 e. The van der Waals surface area contributed by atoms with Crippen LogP contribution in [0.25, 0.3) is 32.8 Å². The van der Waals surface area contributed by atoms with Gasteiger partial charge in [0.05, 0.1) is 16.9 Å². The SMILES string of the molecule is CCN(CC)c1ccc2cc(-c3nc(-c4ccc(C)cc4)cs3)c(=NNc3ccccc3)oc2c1. The normalized spacial score (nSPS) is 11.7. The topological polar surface area (TPSA) is 53.7 Å². The lowest BCUT2D eigenvalue weighted by Gasteiger charge is -2.21. The van der Waals surface area contributed by atoms with Gasteiger partial charge in [-0.15, -0.1) is 16.4 Å². The summed E-state index contributed by atoms with van der Waals surface area (Å²) in [5, 5.41) is 8.62. The Morgan fingerprint density at radius 2 is 1.71 bits per heavy atom. The monoisotopic (exact) mass is 480 g/mol. The molecular weight excluding hydrogens is 452 g/mol. The van der Waals surface area contributed by atoms with Crippen molar-refractivity contribution in [3.63, 3.8) is 0 Å². The largest absolute Gasteiger partial charge is 0.436 e. The molecule has 0 fully saturated rings. The van der Waals surface area contributed by atoms with Gasteiger partial charge in [0.2, 0.25) is 5.55 Å². The molecule has 5 nitrogen and oxygen atoms in total. The zero-order chi connectivity index (χ0) is 24.2. The molecule has 1 N–H and O–H groups in total. The van der Waals surface area contributed by atoms with Gasteiger partial charge < -0.3 is 9.32 Å². The highest BCUT2D eigenvalue weighted by Gasteiger charge is 2.13. The summed E-state index contributed by atoms with van der Waals surface area (Å²) in [5.74, 6) is 0. The Hall–Kier alpha value is -3.90. The van der Waals surface area contributed by atoms with Gasteiger partial charge in [0, 0.05) is 41.2 Å². The number of para-hydroxylation sites is 1. The van der Waals surface area contributed by atoms with Crippen molar-refractivity contribution in [2.24, 2.45) is 5.10 Å². The molecule has 6 heteroatoms. The average molecular weight is 481 g/mol. The molecule has 2 aromatic heterocycles. The highest BCUT2D eigenvalue weighted by Crippen LogP contribution is 2.30. The number of thiazole rings is 1. The van der Waals surface area contributed by atoms with E-state index in [2.05, 4.69) is 90.1 Å². The van der Waals surface area contributed by atoms with Crippen molar-refractivity contribution in [3.8, 4) is 21.8 Å². The Kier molecular flexibility index (Phi) is 6.64. The van der Waals surface area contributed by atoms with Gasteiger partial charge in [-0.1, -0.05) is 48.0 Å². The molecule has 3 aromatic carbocycles. The zero-order valence-electron chi connectivity index (χ0n) is 20.2. The van der Waals surface area contributed by atoms with Gasteiger partial charge in [-0.05, 0) is 51.1 Å². The van der Waals surface area contributed by atoms with E-state index in [0.29, 0.717) is 5.55 Å². The van der Waals surface area contributed by atoms with Crippen molar-refractivity contribution >= 4 is 33.7 Å². The molecule has 2 heterocycles. The van der Waals surface area contributed by atoms with E-state index in [9.17, 15) is 0 Å². The predicted octanol–water partition coefficient (Wildman–Crippen LogP) is 7.31. The fourth-order valence-corrected chi connectivity index (χ4v) is 4.85. The predicted molar refractivity (Wildman–Crippen MR) is 147 cm³/mol. The number of benzene rings is 3. The third-order valence-corrected chi connectivity index (χ3v) is 6.88. The number of anilines is 2. The molecular formula is C29H28N4OS. The molecule has 0 spiro atoms. The quantitative estimate of drug-likeness (QED) is 0.248. The van der Waals surface area contributed by atoms with E-state index in [1.807, 2.05) is 30.3 Å². The van der Waals surface area contributed by atoms with Crippen molar-refractivity contribution in [2.75, 3.05) is 23.4 Å². The van der Waals surface area contributed by atoms with Crippen LogP contribution in [0.4, 0.5) is 11.4 Å². The number of rotatable bonds is 7. The summed E-state index contributed by atoms with van der Waals surface area (Å²) in [6, 6.07) is 26.8. The summed E-state index contributed by atoms with van der Waals surface area (Å²) in [7, 11) is 0. The van der Waals surface area contributed by atoms with E-state index in [1.54, 1.807) is 11.3 Å². The van der Waals surface area contributed by atoms with Crippen LogP contribution in [0.3, 0.4) is 0 Å². The highest BCUT2D eigenvalue weighted by molar-refractivity contribution is 7.13. The summed E-state index contributed by atoms with van der Waals surface area (Å²) in [6.45, 7) is 8.28. The number of nitrogens with zero attached hydrogens (tertiary/aromatic N) is 3. The van der Waals surface area contributed by atoms with Crippen molar-refractivity contribution in [2.45, 2.75) is 20.8 Å². The maximum atomic E-state index is 6.39. The first-order valence-electron chi connectivity index (χ1n) is 11.8. The summed E-state index contributed by atoms with van der Waals surface area (Å²) in [5.41, 5.74) is 10.6. The fraction of sp³-hybridized carbons (Fsp3) is 0.172. The van der Waals surface area contributed by atoms with Gasteiger partial charge in [-0.2, -0.15) is 0 Å². The lowest BCUT2D eigenvalue weighted by molar-refractivity contribution is 0.543. The first-order valence-corrected chi connectivity index (χ1v) is 12.7. The summed E-state index contributed by atoms with van der Waals surface area (Å²) < 4.78 is 6.39. The lowest BCUT2D eigenvalue weighted by Crippen LogP contribution is -2.21. The number of aryl methyl sites for hydroxylation is 1. The van der Waals surface area contributed by atoms with Crippen molar-refractivity contribution in [1.82, 2.24) is 4.98 Å². The maximum absolute atomic E-state index is 6.39. The number of aromatic nitrogens is 1. The molecule has 5 aromatic rings. The van der Waals surface area contributed by atoms with Crippen molar-refractivity contribution in [3.05, 3.63) is 95.4 Å². The second-order valence-corrected chi connectivity index (χ2v) is 9.21. The molecule has 0 atom stereocenters. The van der Waals surface area contributed by atoms with E-state index in [0.717, 1.165) is 57.3 Å². The molecule has 0 aliphatic heterocycles. The van der Waals surface area contributed by atoms with Crippen LogP contribution in [0.5, 0.6) is 0 Å². The Morgan fingerprint density at radius 3 is 2.46 bits per heavy atom. The maximum Gasteiger partial charge on any atom is 0.246 e. The van der Waals surface area contributed by atoms with Crippen molar-refractivity contribution in [1.29, 1.82) is 0 Å². The second-order valence-electron chi connectivity index (χ2n) is 8.35. The molecule has 0 bridgehead atoms. The lowest BCUT2D eigenvalue weighted by atomic mass is 10.1. The van der Waals surface area contributed by atoms with Gasteiger partial charge in [0.25, 0.3) is 0 Å². The Bertz CT molecular complexity index is 1500. The minimum atomic E-state index is 0.503. The van der Waals surface area contributed by atoms with Crippen LogP contribution in [-0.4, -0.2) is 18.1 Å². The minimum absolute atomic E-state index is 0.503. The molecule has 0 aliphatic rings. The van der Waals surface area contributed by atoms with Crippen LogP contribution >= 0.6 is 11.3 Å². The Morgan fingerprint density at radius 1 is 0.943 bits per heavy atom. The third-order valence-electron chi connectivity index (χ3n) is 6.00. The van der Waals surface area contributed by atoms with Crippen LogP contribution in [0.2, 0.25) is 0 Å². The third kappa shape index (κ3) is 4.98. The summed E-state index contributed by atoms with van der Waals surface area (Å²) >= 11 is 1.59. The Balaban J connectivity index is 1.62. The van der Waals surface area contributed by atoms with Crippen LogP contribution in [0, 0.1) is 6.92 Å². The Labute approximate surface area is 209 Å². The van der Waals surface area contributed by atoms with E-state index >= 15 is 0 Å². The first kappa shape index (κ1) is 22.9. The van der Waals surface area contributed by atoms with Gasteiger partial charge >= 0.3 is 0 Å². The minimum Gasteiger partial charge on any atom is -0.436 e. The fourth-order valence-electron chi connectivity index (χ4n) is 4.01. The second kappa shape index (κ2) is 10.2. The molecule has 35 heavy (non-hydrogen) atoms. The summed E-state index contributed by atoms with van der Waals surface area (Å²) in [6.07, 6.45) is 0. The van der Waals surface area contributed by atoms with Gasteiger partial charge in [-0.25, -0.2) is 4.98 Å². The van der Waals surface area contributed by atoms with Crippen molar-refractivity contribution < 1.29 is 4.42 Å². The molecule has 0 amide bonds. The molecule has 0 aliphatic carbocycles. The molecule has 0 unspecified atom stereocenters. The van der Waals surface area contributed by atoms with Gasteiger partial charge in [0.15, 0.2) is 0 Å². The molecule has 5 rings (SSSR count). The average Bonchev–Trinajstić information content (AvgIpc) is 3.39. The molecule has 0 saturated carbocycles. The van der Waals surface area contributed by atoms with E-state index < -0.39 is 0 Å².